The molecule has 1 saturated heterocycles. The number of nitrogens with one attached hydrogen (secondary N) is 1. The van der Waals surface area contributed by atoms with Gasteiger partial charge in [-0.05, 0) is 13.3 Å². The first-order valence-electron chi connectivity index (χ1n) is 4.94. The monoisotopic (exact) mass is 168 g/mol. The molecule has 0 amide bonds. The summed E-state index contributed by atoms with van der Waals surface area (Å²) in [5.74, 6) is 0. The minimum Gasteiger partial charge on any atom is -0.314 e. The largest absolute Gasteiger partial charge is 0.314 e. The molecule has 2 nitrogen and oxygen atoms in total. The molecule has 0 saturated carbocycles. The molecule has 1 heterocycles. The first-order valence-corrected chi connectivity index (χ1v) is 4.94. The Kier molecular flexibility index (Phi) is 4.33. The first kappa shape index (κ1) is 9.75. The van der Waals surface area contributed by atoms with Crippen LogP contribution in [-0.4, -0.2) is 37.1 Å². The summed E-state index contributed by atoms with van der Waals surface area (Å²) in [4.78, 5) is 2.52. The second-order valence-electron chi connectivity index (χ2n) is 3.43. The zero-order valence-corrected chi connectivity index (χ0v) is 8.21. The van der Waals surface area contributed by atoms with Crippen LogP contribution in [-0.2, 0) is 0 Å². The zero-order chi connectivity index (χ0) is 8.81. The average molecular weight is 168 g/mol. The Bertz CT molecular complexity index is 143. The highest BCUT2D eigenvalue weighted by molar-refractivity contribution is 4.87. The summed E-state index contributed by atoms with van der Waals surface area (Å²) in [6.45, 7) is 9.06. The highest BCUT2D eigenvalue weighted by Crippen LogP contribution is 2.01. The molecule has 1 aliphatic rings. The molecule has 1 unspecified atom stereocenters. The van der Waals surface area contributed by atoms with Gasteiger partial charge in [0.05, 0.1) is 0 Å². The van der Waals surface area contributed by atoms with Gasteiger partial charge in [-0.1, -0.05) is 19.1 Å². The van der Waals surface area contributed by atoms with Gasteiger partial charge < -0.3 is 5.32 Å². The van der Waals surface area contributed by atoms with Gasteiger partial charge in [-0.3, -0.25) is 4.90 Å². The average Bonchev–Trinajstić information content (AvgIpc) is 2.09. The molecule has 1 atom stereocenters. The van der Waals surface area contributed by atoms with E-state index >= 15 is 0 Å². The van der Waals surface area contributed by atoms with Crippen LogP contribution in [0.25, 0.3) is 0 Å². The molecule has 12 heavy (non-hydrogen) atoms. The van der Waals surface area contributed by atoms with E-state index in [1.807, 2.05) is 0 Å². The van der Waals surface area contributed by atoms with Crippen LogP contribution in [0.2, 0.25) is 0 Å². The van der Waals surface area contributed by atoms with Gasteiger partial charge in [0.2, 0.25) is 0 Å². The summed E-state index contributed by atoms with van der Waals surface area (Å²) in [6, 6.07) is 0.695. The number of piperazine rings is 1. The molecule has 0 bridgehead atoms. The van der Waals surface area contributed by atoms with Crippen molar-refractivity contribution in [1.29, 1.82) is 0 Å². The van der Waals surface area contributed by atoms with Crippen molar-refractivity contribution in [3.05, 3.63) is 12.2 Å². The molecule has 0 aromatic rings. The third-order valence-electron chi connectivity index (χ3n) is 2.38. The van der Waals surface area contributed by atoms with E-state index < -0.39 is 0 Å². The maximum atomic E-state index is 3.39. The molecule has 0 radical (unpaired) electrons. The number of allylic oxidation sites excluding steroid dienone is 1. The van der Waals surface area contributed by atoms with Gasteiger partial charge in [-0.15, -0.1) is 0 Å². The Hall–Kier alpha value is -0.340. The van der Waals surface area contributed by atoms with Gasteiger partial charge in [0.15, 0.2) is 0 Å². The smallest absolute Gasteiger partial charge is 0.0196 e. The Morgan fingerprint density at radius 1 is 1.50 bits per heavy atom. The first-order chi connectivity index (χ1) is 5.84. The van der Waals surface area contributed by atoms with E-state index in [1.54, 1.807) is 0 Å². The van der Waals surface area contributed by atoms with Gasteiger partial charge in [0.1, 0.15) is 0 Å². The Labute approximate surface area is 75.6 Å². The minimum atomic E-state index is 0.695. The lowest BCUT2D eigenvalue weighted by Gasteiger charge is -2.32. The molecule has 1 aliphatic heterocycles. The van der Waals surface area contributed by atoms with Crippen molar-refractivity contribution in [1.82, 2.24) is 10.2 Å². The molecule has 1 fully saturated rings. The van der Waals surface area contributed by atoms with Crippen LogP contribution >= 0.6 is 0 Å². The van der Waals surface area contributed by atoms with Gasteiger partial charge in [-0.25, -0.2) is 0 Å². The number of hydrogen-bond donors (Lipinski definition) is 1. The third-order valence-corrected chi connectivity index (χ3v) is 2.38. The highest BCUT2D eigenvalue weighted by Gasteiger charge is 2.15. The predicted molar refractivity (Wildman–Crippen MR) is 53.3 cm³/mol. The lowest BCUT2D eigenvalue weighted by atomic mass is 10.2. The van der Waals surface area contributed by atoms with Crippen molar-refractivity contribution in [2.45, 2.75) is 26.3 Å². The van der Waals surface area contributed by atoms with Crippen molar-refractivity contribution in [3.8, 4) is 0 Å². The van der Waals surface area contributed by atoms with Crippen LogP contribution < -0.4 is 5.32 Å². The van der Waals surface area contributed by atoms with Gasteiger partial charge in [-0.2, -0.15) is 0 Å². The summed E-state index contributed by atoms with van der Waals surface area (Å²) in [6.07, 6.45) is 5.68. The molecule has 2 heteroatoms. The fraction of sp³-hybridized carbons (Fsp3) is 0.800. The maximum absolute atomic E-state index is 3.39. The topological polar surface area (TPSA) is 15.3 Å². The third kappa shape index (κ3) is 2.95. The van der Waals surface area contributed by atoms with Crippen LogP contribution in [0, 0.1) is 0 Å². The number of rotatable bonds is 3. The summed E-state index contributed by atoms with van der Waals surface area (Å²) < 4.78 is 0. The van der Waals surface area contributed by atoms with E-state index in [-0.39, 0.29) is 0 Å². The lowest BCUT2D eigenvalue weighted by molar-refractivity contribution is 0.192. The summed E-state index contributed by atoms with van der Waals surface area (Å²) in [7, 11) is 0. The molecule has 0 aliphatic carbocycles. The lowest BCUT2D eigenvalue weighted by Crippen LogP contribution is -2.49. The summed E-state index contributed by atoms with van der Waals surface area (Å²) in [5, 5.41) is 3.39. The van der Waals surface area contributed by atoms with Crippen molar-refractivity contribution in [3.63, 3.8) is 0 Å². The summed E-state index contributed by atoms with van der Waals surface area (Å²) >= 11 is 0. The van der Waals surface area contributed by atoms with Crippen molar-refractivity contribution in [2.75, 3.05) is 26.2 Å². The Morgan fingerprint density at radius 3 is 3.00 bits per heavy atom. The van der Waals surface area contributed by atoms with E-state index in [0.717, 1.165) is 26.1 Å². The second-order valence-corrected chi connectivity index (χ2v) is 3.43. The van der Waals surface area contributed by atoms with E-state index in [2.05, 4.69) is 36.2 Å². The van der Waals surface area contributed by atoms with Crippen molar-refractivity contribution >= 4 is 0 Å². The molecule has 1 N–H and O–H groups in total. The SMILES string of the molecule is CC/C=C/CN1CCNCC1C. The molecular formula is C10H20N2. The second kappa shape index (κ2) is 5.33. The van der Waals surface area contributed by atoms with Crippen molar-refractivity contribution in [2.24, 2.45) is 0 Å². The van der Waals surface area contributed by atoms with Crippen LogP contribution in [0.3, 0.4) is 0 Å². The molecule has 0 spiro atoms. The Morgan fingerprint density at radius 2 is 2.33 bits per heavy atom. The van der Waals surface area contributed by atoms with E-state index in [4.69, 9.17) is 0 Å². The number of nitrogens with zero attached hydrogens (tertiary/aromatic N) is 1. The predicted octanol–water partition coefficient (Wildman–Crippen LogP) is 1.25. The standard InChI is InChI=1S/C10H20N2/c1-3-4-5-7-12-8-6-11-9-10(12)2/h4-5,10-11H,3,6-9H2,1-2H3/b5-4+. The molecule has 1 rings (SSSR count). The fourth-order valence-electron chi connectivity index (χ4n) is 1.53. The molecule has 70 valence electrons. The minimum absolute atomic E-state index is 0.695. The highest BCUT2D eigenvalue weighted by atomic mass is 15.2. The zero-order valence-electron chi connectivity index (χ0n) is 8.21. The maximum Gasteiger partial charge on any atom is 0.0196 e. The Balaban J connectivity index is 2.24. The van der Waals surface area contributed by atoms with E-state index in [0.29, 0.717) is 6.04 Å². The molecule has 0 aromatic heterocycles. The van der Waals surface area contributed by atoms with Gasteiger partial charge >= 0.3 is 0 Å². The quantitative estimate of drug-likeness (QED) is 0.638. The normalized spacial score (nSPS) is 26.7. The van der Waals surface area contributed by atoms with Crippen LogP contribution in [0.5, 0.6) is 0 Å². The fourth-order valence-corrected chi connectivity index (χ4v) is 1.53. The molecule has 0 aromatic carbocycles. The van der Waals surface area contributed by atoms with Gasteiger partial charge in [0.25, 0.3) is 0 Å². The summed E-state index contributed by atoms with van der Waals surface area (Å²) in [5.41, 5.74) is 0. The van der Waals surface area contributed by atoms with Gasteiger partial charge in [0, 0.05) is 32.2 Å². The van der Waals surface area contributed by atoms with E-state index in [9.17, 15) is 0 Å². The van der Waals surface area contributed by atoms with E-state index in [1.165, 1.54) is 6.54 Å². The number of hydrogen-bond acceptors (Lipinski definition) is 2. The van der Waals surface area contributed by atoms with Crippen LogP contribution in [0.15, 0.2) is 12.2 Å². The van der Waals surface area contributed by atoms with Crippen LogP contribution in [0.1, 0.15) is 20.3 Å². The van der Waals surface area contributed by atoms with Crippen LogP contribution in [0.4, 0.5) is 0 Å². The van der Waals surface area contributed by atoms with Crippen molar-refractivity contribution < 1.29 is 0 Å². The molecular weight excluding hydrogens is 148 g/mol.